The summed E-state index contributed by atoms with van der Waals surface area (Å²) < 4.78 is 22.8. The molecule has 0 spiro atoms. The smallest absolute Gasteiger partial charge is 0.410 e. The number of amides is 8. The van der Waals surface area contributed by atoms with E-state index in [4.69, 9.17) is 18.9 Å². The maximum absolute atomic E-state index is 15.3. The molecule has 26 heteroatoms. The van der Waals surface area contributed by atoms with Crippen molar-refractivity contribution in [2.24, 2.45) is 59.2 Å². The topological polar surface area (TPSA) is 314 Å². The van der Waals surface area contributed by atoms with E-state index in [9.17, 15) is 53.1 Å². The van der Waals surface area contributed by atoms with Gasteiger partial charge in [-0.25, -0.2) is 9.59 Å². The van der Waals surface area contributed by atoms with Crippen molar-refractivity contribution in [2.75, 3.05) is 75.7 Å². The fourth-order valence-corrected chi connectivity index (χ4v) is 12.5. The number of Topliss-reactive ketones (excluding diaryl/α,β-unsaturated/α-hetero) is 3. The number of likely N-dealkylation sites (N-methyl/N-ethyl adjacent to an activating group) is 7. The van der Waals surface area contributed by atoms with Crippen LogP contribution < -0.4 is 5.32 Å². The molecule has 0 bridgehead atoms. The van der Waals surface area contributed by atoms with E-state index in [1.807, 2.05) is 47.6 Å². The van der Waals surface area contributed by atoms with Crippen molar-refractivity contribution in [3.8, 4) is 0 Å². The third-order valence-corrected chi connectivity index (χ3v) is 18.6. The van der Waals surface area contributed by atoms with Crippen molar-refractivity contribution in [2.45, 2.75) is 270 Å². The molecular formula is C77H136N8O18. The minimum absolute atomic E-state index is 0.00483. The quantitative estimate of drug-likeness (QED) is 0.0328. The Morgan fingerprint density at radius 2 is 1.00 bits per heavy atom. The lowest BCUT2D eigenvalue weighted by molar-refractivity contribution is -0.164. The Labute approximate surface area is 617 Å². The maximum atomic E-state index is 15.3. The summed E-state index contributed by atoms with van der Waals surface area (Å²) in [6.07, 6.45) is 1.59. The molecule has 0 saturated carbocycles. The van der Waals surface area contributed by atoms with Gasteiger partial charge in [0.1, 0.15) is 54.3 Å². The normalized spacial score (nSPS) is 15.8. The molecule has 0 radical (unpaired) electrons. The van der Waals surface area contributed by atoms with Gasteiger partial charge in [0.05, 0.1) is 37.4 Å². The van der Waals surface area contributed by atoms with E-state index in [0.717, 1.165) is 4.90 Å². The molecule has 0 saturated heterocycles. The van der Waals surface area contributed by atoms with Crippen molar-refractivity contribution >= 4 is 76.7 Å². The average molecular weight is 1460 g/mol. The zero-order valence-electron chi connectivity index (χ0n) is 68.6. The SMILES string of the molecule is C/C=C/C[C@@H](C)[C@@H](OC(C)=O)[C@@H](C(=O)N[C@@H](CC)C(=O)OCCN(C)C(C)=O)N(C)C(=O)[C@H](C(C)C)N(C)C(=O)[C@H](CC(C)C)N(C)C(=O)[C@H](CC(C)C)N(C)C(=O)[C@@H](C)CC(=O)[C@H](C)CC(=O)[C@H](CC(C)C)N(C)C(=O)[C@@H](CC(=O)[C@H]([C@H](C)COCC(C)(C)O)N(C)C(=O)OC(C)(C)C)C(C)C. The summed E-state index contributed by atoms with van der Waals surface area (Å²) in [5.74, 6) is -12.3. The highest BCUT2D eigenvalue weighted by molar-refractivity contribution is 5.99. The lowest BCUT2D eigenvalue weighted by atomic mass is 9.83. The van der Waals surface area contributed by atoms with Crippen LogP contribution in [0.4, 0.5) is 4.79 Å². The van der Waals surface area contributed by atoms with Crippen molar-refractivity contribution in [1.29, 1.82) is 0 Å². The van der Waals surface area contributed by atoms with Crippen molar-refractivity contribution in [3.05, 3.63) is 12.2 Å². The largest absolute Gasteiger partial charge is 0.462 e. The summed E-state index contributed by atoms with van der Waals surface area (Å²) in [6.45, 7) is 39.1. The standard InChI is InChI=1S/C77H136N8O18/c1-31-33-34-50(13)67(102-55(18)87)66(68(91)78-57(32-2)74(97)101-36-35-79(24)54(17)86)84(29)73(96)64(49(11)12)83(28)72(95)60(39-47(7)8)82(27)71(94)59(38-46(5)6)81(26)69(92)52(15)41-61(88)51(14)40-62(89)58(37-45(3)4)80(25)70(93)56(48(9)10)42-63(90)65(53(16)43-100-44-77(22,23)99)85(30)75(98)103-76(19,20)21/h31,33,45-53,56-60,64-67,99H,32,34-44H2,1-30H3,(H,78,91)/b33-31+/t50-,51-,52+,53-,56+,57+,58+,59+,60+,64+,65+,66+,67-/m1/s1. The van der Waals surface area contributed by atoms with E-state index in [1.54, 1.807) is 117 Å². The molecule has 0 rings (SSSR count). The summed E-state index contributed by atoms with van der Waals surface area (Å²) in [6, 6.07) is -8.50. The second-order valence-corrected chi connectivity index (χ2v) is 32.3. The molecule has 0 aromatic heterocycles. The van der Waals surface area contributed by atoms with Gasteiger partial charge in [0, 0.05) is 106 Å². The first kappa shape index (κ1) is 96.2. The number of ketones is 3. The molecule has 0 aromatic rings. The molecule has 0 heterocycles. The third-order valence-electron chi connectivity index (χ3n) is 18.6. The van der Waals surface area contributed by atoms with E-state index in [2.05, 4.69) is 5.32 Å². The summed E-state index contributed by atoms with van der Waals surface area (Å²) >= 11 is 0. The Morgan fingerprint density at radius 1 is 0.524 bits per heavy atom. The van der Waals surface area contributed by atoms with E-state index in [0.29, 0.717) is 6.42 Å². The van der Waals surface area contributed by atoms with Crippen LogP contribution in [0.5, 0.6) is 0 Å². The molecule has 0 unspecified atom stereocenters. The zero-order valence-corrected chi connectivity index (χ0v) is 68.6. The van der Waals surface area contributed by atoms with Gasteiger partial charge >= 0.3 is 18.0 Å². The third kappa shape index (κ3) is 31.8. The molecule has 0 aliphatic carbocycles. The molecule has 2 N–H and O–H groups in total. The van der Waals surface area contributed by atoms with Crippen LogP contribution >= 0.6 is 0 Å². The number of carbonyl (C=O) groups is 13. The second-order valence-electron chi connectivity index (χ2n) is 32.3. The summed E-state index contributed by atoms with van der Waals surface area (Å²) in [5, 5.41) is 13.0. The van der Waals surface area contributed by atoms with Gasteiger partial charge in [0.15, 0.2) is 11.6 Å². The molecular weight excluding hydrogens is 1320 g/mol. The first-order valence-corrected chi connectivity index (χ1v) is 36.9. The highest BCUT2D eigenvalue weighted by Crippen LogP contribution is 2.30. The number of hydrogen-bond acceptors (Lipinski definition) is 18. The second kappa shape index (κ2) is 44.2. The van der Waals surface area contributed by atoms with Crippen LogP contribution in [0.2, 0.25) is 0 Å². The molecule has 8 amide bonds. The number of allylic oxidation sites excluding steroid dienone is 2. The van der Waals surface area contributed by atoms with Crippen LogP contribution in [-0.4, -0.2) is 251 Å². The van der Waals surface area contributed by atoms with Gasteiger partial charge in [-0.3, -0.25) is 52.7 Å². The maximum Gasteiger partial charge on any atom is 0.410 e. The monoisotopic (exact) mass is 1460 g/mol. The zero-order chi connectivity index (χ0) is 80.4. The van der Waals surface area contributed by atoms with E-state index in [-0.39, 0.29) is 95.0 Å². The summed E-state index contributed by atoms with van der Waals surface area (Å²) in [5.41, 5.74) is -2.05. The van der Waals surface area contributed by atoms with Crippen LogP contribution in [0.1, 0.15) is 211 Å². The van der Waals surface area contributed by atoms with Crippen LogP contribution in [-0.2, 0) is 76.5 Å². The van der Waals surface area contributed by atoms with Crippen molar-refractivity contribution in [1.82, 2.24) is 39.6 Å². The van der Waals surface area contributed by atoms with Gasteiger partial charge < -0.3 is 63.7 Å². The molecule has 0 aromatic carbocycles. The molecule has 0 aliphatic rings. The lowest BCUT2D eigenvalue weighted by Gasteiger charge is -2.42. The number of nitrogens with zero attached hydrogens (tertiary/aromatic N) is 7. The van der Waals surface area contributed by atoms with Crippen LogP contribution in [0.3, 0.4) is 0 Å². The Morgan fingerprint density at radius 3 is 1.45 bits per heavy atom. The van der Waals surface area contributed by atoms with E-state index in [1.165, 1.54) is 85.5 Å². The molecule has 26 nitrogen and oxygen atoms in total. The first-order valence-electron chi connectivity index (χ1n) is 36.9. The van der Waals surface area contributed by atoms with Crippen molar-refractivity contribution < 1.29 is 86.4 Å². The van der Waals surface area contributed by atoms with E-state index >= 15 is 14.4 Å². The van der Waals surface area contributed by atoms with Gasteiger partial charge in [0.2, 0.25) is 41.4 Å². The predicted molar refractivity (Wildman–Crippen MR) is 396 cm³/mol. The molecule has 0 fully saturated rings. The van der Waals surface area contributed by atoms with Gasteiger partial charge in [-0.15, -0.1) is 0 Å². The highest BCUT2D eigenvalue weighted by atomic mass is 16.6. The van der Waals surface area contributed by atoms with Crippen LogP contribution in [0, 0.1) is 59.2 Å². The number of ether oxygens (including phenoxy) is 4. The van der Waals surface area contributed by atoms with Crippen LogP contribution in [0.25, 0.3) is 0 Å². The number of carbonyl (C=O) groups excluding carboxylic acids is 13. The minimum atomic E-state index is -1.56. The Hall–Kier alpha value is -6.83. The van der Waals surface area contributed by atoms with Crippen LogP contribution in [0.15, 0.2) is 12.2 Å². The van der Waals surface area contributed by atoms with E-state index < -0.39 is 172 Å². The van der Waals surface area contributed by atoms with Gasteiger partial charge in [0.25, 0.3) is 0 Å². The lowest BCUT2D eigenvalue weighted by Crippen LogP contribution is -2.63. The summed E-state index contributed by atoms with van der Waals surface area (Å²) in [4.78, 5) is 194. The fraction of sp³-hybridized carbons (Fsp3) is 0.805. The Bertz CT molecular complexity index is 2840. The molecule has 0 aliphatic heterocycles. The Kier molecular flexibility index (Phi) is 41.3. The van der Waals surface area contributed by atoms with Gasteiger partial charge in [-0.1, -0.05) is 116 Å². The number of nitrogens with one attached hydrogen (secondary N) is 1. The number of hydrogen-bond donors (Lipinski definition) is 2. The molecule has 592 valence electrons. The van der Waals surface area contributed by atoms with Gasteiger partial charge in [-0.05, 0) is 109 Å². The highest BCUT2D eigenvalue weighted by Gasteiger charge is 2.47. The molecule has 103 heavy (non-hydrogen) atoms. The number of aliphatic hydroxyl groups is 1. The summed E-state index contributed by atoms with van der Waals surface area (Å²) in [7, 11) is 10.2. The Balaban J connectivity index is 7.21. The van der Waals surface area contributed by atoms with Gasteiger partial charge in [-0.2, -0.15) is 0 Å². The average Bonchev–Trinajstić information content (AvgIpc) is 0.799. The minimum Gasteiger partial charge on any atom is -0.462 e. The number of rotatable bonds is 45. The van der Waals surface area contributed by atoms with Crippen molar-refractivity contribution in [3.63, 3.8) is 0 Å². The predicted octanol–water partition coefficient (Wildman–Crippen LogP) is 8.45. The molecule has 13 atom stereocenters. The number of esters is 2. The first-order chi connectivity index (χ1) is 47.2. The fourth-order valence-electron chi connectivity index (χ4n) is 12.5.